The molecule has 6 N–H and O–H groups in total. The monoisotopic (exact) mass is 249 g/mol. The van der Waals surface area contributed by atoms with E-state index in [0.717, 1.165) is 12.8 Å². The van der Waals surface area contributed by atoms with Crippen molar-refractivity contribution in [1.82, 2.24) is 0 Å². The molecule has 6 nitrogen and oxygen atoms in total. The van der Waals surface area contributed by atoms with Crippen LogP contribution in [0.5, 0.6) is 0 Å². The molecule has 0 aliphatic heterocycles. The van der Waals surface area contributed by atoms with Gasteiger partial charge in [-0.3, -0.25) is 0 Å². The molecule has 0 radical (unpaired) electrons. The molecule has 0 aliphatic carbocycles. The average Bonchev–Trinajstić information content (AvgIpc) is 2.27. The first-order valence-corrected chi connectivity index (χ1v) is 5.73. The van der Waals surface area contributed by atoms with Gasteiger partial charge in [0.05, 0.1) is 0 Å². The van der Waals surface area contributed by atoms with Crippen molar-refractivity contribution in [3.05, 3.63) is 0 Å². The number of carbonyl (C=O) groups excluding carboxylic acids is 2. The molecule has 0 unspecified atom stereocenters. The Labute approximate surface area is 100 Å². The summed E-state index contributed by atoms with van der Waals surface area (Å²) in [6.07, 6.45) is 1.95. The minimum Gasteiger partial charge on any atom is -0.391 e. The second-order valence-electron chi connectivity index (χ2n) is 3.42. The van der Waals surface area contributed by atoms with Gasteiger partial charge in [0.15, 0.2) is 0 Å². The molecule has 0 saturated carbocycles. The molecule has 0 aromatic carbocycles. The van der Waals surface area contributed by atoms with E-state index < -0.39 is 24.0 Å². The van der Waals surface area contributed by atoms with Crippen LogP contribution >= 0.6 is 12.6 Å². The van der Waals surface area contributed by atoms with Gasteiger partial charge in [-0.1, -0.05) is 6.42 Å². The fourth-order valence-corrected chi connectivity index (χ4v) is 1.10. The van der Waals surface area contributed by atoms with Gasteiger partial charge in [-0.05, 0) is 19.4 Å². The smallest absolute Gasteiger partial charge is 0.331 e. The molecule has 0 bridgehead atoms. The first-order chi connectivity index (χ1) is 7.52. The van der Waals surface area contributed by atoms with Crippen LogP contribution in [-0.4, -0.2) is 36.3 Å². The van der Waals surface area contributed by atoms with Crippen molar-refractivity contribution in [1.29, 1.82) is 0 Å². The number of carbonyl (C=O) groups is 2. The van der Waals surface area contributed by atoms with Crippen LogP contribution < -0.4 is 17.2 Å². The molecule has 0 saturated heterocycles. The van der Waals surface area contributed by atoms with E-state index in [2.05, 4.69) is 17.4 Å². The number of hydrogen-bond acceptors (Lipinski definition) is 7. The summed E-state index contributed by atoms with van der Waals surface area (Å²) in [5.74, 6) is -1.43. The first kappa shape index (κ1) is 15.4. The fraction of sp³-hybridized carbons (Fsp3) is 0.778. The maximum Gasteiger partial charge on any atom is 0.331 e. The Kier molecular flexibility index (Phi) is 8.18. The first-order valence-electron chi connectivity index (χ1n) is 5.10. The largest absolute Gasteiger partial charge is 0.391 e. The van der Waals surface area contributed by atoms with Crippen molar-refractivity contribution < 1.29 is 14.3 Å². The van der Waals surface area contributed by atoms with Gasteiger partial charge < -0.3 is 21.9 Å². The lowest BCUT2D eigenvalue weighted by Gasteiger charge is -2.11. The van der Waals surface area contributed by atoms with E-state index in [9.17, 15) is 9.59 Å². The summed E-state index contributed by atoms with van der Waals surface area (Å²) in [7, 11) is 0. The van der Waals surface area contributed by atoms with Crippen LogP contribution in [-0.2, 0) is 14.3 Å². The third-order valence-electron chi connectivity index (χ3n) is 1.97. The van der Waals surface area contributed by atoms with E-state index in [1.165, 1.54) is 0 Å². The van der Waals surface area contributed by atoms with Crippen LogP contribution in [0.1, 0.15) is 19.3 Å². The van der Waals surface area contributed by atoms with Crippen LogP contribution in [0, 0.1) is 0 Å². The maximum absolute atomic E-state index is 11.3. The molecule has 0 aliphatic rings. The van der Waals surface area contributed by atoms with E-state index in [0.29, 0.717) is 13.0 Å². The summed E-state index contributed by atoms with van der Waals surface area (Å²) in [5, 5.41) is 0. The Morgan fingerprint density at radius 1 is 1.12 bits per heavy atom. The zero-order valence-corrected chi connectivity index (χ0v) is 9.99. The predicted octanol–water partition coefficient (Wildman–Crippen LogP) is -1.23. The minimum atomic E-state index is -0.900. The molecular formula is C9H19N3O3S. The Morgan fingerprint density at radius 2 is 1.69 bits per heavy atom. The molecule has 7 heteroatoms. The molecule has 0 spiro atoms. The zero-order chi connectivity index (χ0) is 12.6. The third kappa shape index (κ3) is 6.06. The highest BCUT2D eigenvalue weighted by Gasteiger charge is 2.21. The van der Waals surface area contributed by atoms with Crippen molar-refractivity contribution >= 4 is 24.6 Å². The van der Waals surface area contributed by atoms with E-state index in [4.69, 9.17) is 17.2 Å². The quantitative estimate of drug-likeness (QED) is 0.194. The minimum absolute atomic E-state index is 0.120. The SMILES string of the molecule is NCCCC[C@H](N)C(=O)OC(=O)[C@@H](N)CS. The van der Waals surface area contributed by atoms with Crippen molar-refractivity contribution in [2.24, 2.45) is 17.2 Å². The Morgan fingerprint density at radius 3 is 2.19 bits per heavy atom. The van der Waals surface area contributed by atoms with Crippen molar-refractivity contribution in [3.63, 3.8) is 0 Å². The highest BCUT2D eigenvalue weighted by molar-refractivity contribution is 7.80. The Hall–Kier alpha value is -0.630. The van der Waals surface area contributed by atoms with Crippen molar-refractivity contribution in [2.45, 2.75) is 31.3 Å². The maximum atomic E-state index is 11.3. The molecule has 0 amide bonds. The summed E-state index contributed by atoms with van der Waals surface area (Å²) >= 11 is 3.82. The molecule has 2 atom stereocenters. The van der Waals surface area contributed by atoms with Crippen LogP contribution in [0.2, 0.25) is 0 Å². The number of ether oxygens (including phenoxy) is 1. The third-order valence-corrected chi connectivity index (χ3v) is 2.37. The number of unbranched alkanes of at least 4 members (excludes halogenated alkanes) is 1. The number of hydrogen-bond donors (Lipinski definition) is 4. The van der Waals surface area contributed by atoms with Crippen molar-refractivity contribution in [2.75, 3.05) is 12.3 Å². The second kappa shape index (κ2) is 8.51. The number of nitrogens with two attached hydrogens (primary N) is 3. The summed E-state index contributed by atoms with van der Waals surface area (Å²) in [6, 6.07) is -1.70. The second-order valence-corrected chi connectivity index (χ2v) is 3.79. The molecular weight excluding hydrogens is 230 g/mol. The number of rotatable bonds is 7. The van der Waals surface area contributed by atoms with E-state index >= 15 is 0 Å². The summed E-state index contributed by atoms with van der Waals surface area (Å²) in [5.41, 5.74) is 16.1. The molecule has 0 aromatic rings. The van der Waals surface area contributed by atoms with Gasteiger partial charge in [0.2, 0.25) is 0 Å². The molecule has 0 heterocycles. The highest BCUT2D eigenvalue weighted by atomic mass is 32.1. The van der Waals surface area contributed by atoms with Gasteiger partial charge in [-0.2, -0.15) is 12.6 Å². The Bertz CT molecular complexity index is 238. The highest BCUT2D eigenvalue weighted by Crippen LogP contribution is 2.01. The summed E-state index contributed by atoms with van der Waals surface area (Å²) < 4.78 is 4.49. The molecule has 0 rings (SSSR count). The average molecular weight is 249 g/mol. The number of esters is 2. The standard InChI is InChI=1S/C9H19N3O3S/c10-4-2-1-3-6(11)8(13)15-9(14)7(12)5-16/h6-7,16H,1-5,10-12H2/t6-,7-/m0/s1. The predicted molar refractivity (Wildman–Crippen MR) is 63.8 cm³/mol. The summed E-state index contributed by atoms with van der Waals surface area (Å²) in [4.78, 5) is 22.4. The van der Waals surface area contributed by atoms with E-state index in [-0.39, 0.29) is 5.75 Å². The van der Waals surface area contributed by atoms with E-state index in [1.54, 1.807) is 0 Å². The van der Waals surface area contributed by atoms with Gasteiger partial charge >= 0.3 is 11.9 Å². The lowest BCUT2D eigenvalue weighted by atomic mass is 10.1. The molecule has 0 fully saturated rings. The molecule has 0 aromatic heterocycles. The van der Waals surface area contributed by atoms with Gasteiger partial charge in [-0.15, -0.1) is 0 Å². The lowest BCUT2D eigenvalue weighted by Crippen LogP contribution is -2.40. The number of thiol groups is 1. The molecule has 94 valence electrons. The Balaban J connectivity index is 3.91. The van der Waals surface area contributed by atoms with Gasteiger partial charge in [0.25, 0.3) is 0 Å². The van der Waals surface area contributed by atoms with Crippen LogP contribution in [0.15, 0.2) is 0 Å². The summed E-state index contributed by atoms with van der Waals surface area (Å²) in [6.45, 7) is 0.547. The van der Waals surface area contributed by atoms with E-state index in [1.807, 2.05) is 0 Å². The topological polar surface area (TPSA) is 121 Å². The lowest BCUT2D eigenvalue weighted by molar-refractivity contribution is -0.161. The van der Waals surface area contributed by atoms with Gasteiger partial charge in [-0.25, -0.2) is 9.59 Å². The molecule has 16 heavy (non-hydrogen) atoms. The van der Waals surface area contributed by atoms with Crippen LogP contribution in [0.25, 0.3) is 0 Å². The van der Waals surface area contributed by atoms with Crippen molar-refractivity contribution in [3.8, 4) is 0 Å². The van der Waals surface area contributed by atoms with Gasteiger partial charge in [0.1, 0.15) is 12.1 Å². The van der Waals surface area contributed by atoms with Crippen LogP contribution in [0.3, 0.4) is 0 Å². The van der Waals surface area contributed by atoms with Gasteiger partial charge in [0, 0.05) is 5.75 Å². The fourth-order valence-electron chi connectivity index (χ4n) is 0.951. The zero-order valence-electron chi connectivity index (χ0n) is 9.09. The van der Waals surface area contributed by atoms with Crippen LogP contribution in [0.4, 0.5) is 0 Å². The normalized spacial score (nSPS) is 14.2.